The molecule has 1 heterocycles. The maximum Gasteiger partial charge on any atom is 0.0995 e. The van der Waals surface area contributed by atoms with Crippen LogP contribution in [0, 0.1) is 11.3 Å². The summed E-state index contributed by atoms with van der Waals surface area (Å²) in [5.41, 5.74) is 1.84. The van der Waals surface area contributed by atoms with Gasteiger partial charge in [-0.2, -0.15) is 5.26 Å². The number of thiophene rings is 1. The Balaban J connectivity index is 2.03. The molecular weight excluding hydrogens is 308 g/mol. The topological polar surface area (TPSA) is 27.0 Å². The first-order valence-electron chi connectivity index (χ1n) is 5.58. The van der Waals surface area contributed by atoms with Crippen molar-refractivity contribution in [2.24, 2.45) is 0 Å². The molecule has 92 valence electrons. The van der Waals surface area contributed by atoms with Crippen molar-refractivity contribution >= 4 is 27.3 Å². The van der Waals surface area contributed by atoms with Gasteiger partial charge < -0.3 is 0 Å². The molecule has 0 saturated carbocycles. The van der Waals surface area contributed by atoms with E-state index >= 15 is 0 Å². The normalized spacial score (nSPS) is 10.6. The van der Waals surface area contributed by atoms with Crippen LogP contribution >= 0.6 is 27.3 Å². The molecule has 0 fully saturated rings. The molecule has 0 atom stereocenters. The number of hydrogen-bond acceptors (Lipinski definition) is 3. The monoisotopic (exact) mass is 320 g/mol. The first-order chi connectivity index (χ1) is 8.69. The van der Waals surface area contributed by atoms with Crippen LogP contribution in [0.3, 0.4) is 0 Å². The Hall–Kier alpha value is -1.15. The van der Waals surface area contributed by atoms with Crippen molar-refractivity contribution in [1.29, 1.82) is 5.26 Å². The van der Waals surface area contributed by atoms with Crippen LogP contribution < -0.4 is 0 Å². The molecule has 0 aliphatic heterocycles. The molecule has 1 aromatic carbocycles. The summed E-state index contributed by atoms with van der Waals surface area (Å²) in [6, 6.07) is 12.1. The first kappa shape index (κ1) is 13.3. The SMILES string of the molecule is CN(Cc1cc(Br)cs1)Cc1ccccc1C#N. The van der Waals surface area contributed by atoms with E-state index in [1.165, 1.54) is 4.88 Å². The number of halogens is 1. The van der Waals surface area contributed by atoms with E-state index in [0.717, 1.165) is 28.7 Å². The molecule has 0 spiro atoms. The average Bonchev–Trinajstić information content (AvgIpc) is 2.75. The molecule has 0 saturated heterocycles. The number of rotatable bonds is 4. The molecule has 0 N–H and O–H groups in total. The summed E-state index contributed by atoms with van der Waals surface area (Å²) in [7, 11) is 2.07. The Labute approximate surface area is 120 Å². The van der Waals surface area contributed by atoms with Crippen molar-refractivity contribution in [3.05, 3.63) is 56.2 Å². The van der Waals surface area contributed by atoms with Crippen molar-refractivity contribution in [1.82, 2.24) is 4.90 Å². The predicted octanol–water partition coefficient (Wildman–Crippen LogP) is 4.01. The Morgan fingerprint density at radius 3 is 2.78 bits per heavy atom. The van der Waals surface area contributed by atoms with E-state index in [1.807, 2.05) is 24.3 Å². The summed E-state index contributed by atoms with van der Waals surface area (Å²) in [5.74, 6) is 0. The van der Waals surface area contributed by atoms with Gasteiger partial charge in [0.2, 0.25) is 0 Å². The minimum absolute atomic E-state index is 0.761. The zero-order chi connectivity index (χ0) is 13.0. The van der Waals surface area contributed by atoms with Gasteiger partial charge in [0.1, 0.15) is 0 Å². The molecule has 4 heteroatoms. The van der Waals surface area contributed by atoms with Crippen molar-refractivity contribution in [2.45, 2.75) is 13.1 Å². The molecule has 0 bridgehead atoms. The summed E-state index contributed by atoms with van der Waals surface area (Å²) in [4.78, 5) is 3.54. The standard InChI is InChI=1S/C14H13BrN2S/c1-17(9-14-6-13(15)10-18-14)8-12-5-3-2-4-11(12)7-16/h2-6,10H,8-9H2,1H3. The molecule has 0 unspecified atom stereocenters. The van der Waals surface area contributed by atoms with Crippen LogP contribution in [0.4, 0.5) is 0 Å². The molecule has 2 rings (SSSR count). The summed E-state index contributed by atoms with van der Waals surface area (Å²) in [6.45, 7) is 1.69. The van der Waals surface area contributed by atoms with Gasteiger partial charge >= 0.3 is 0 Å². The third kappa shape index (κ3) is 3.42. The highest BCUT2D eigenvalue weighted by atomic mass is 79.9. The van der Waals surface area contributed by atoms with Crippen LogP contribution in [0.25, 0.3) is 0 Å². The third-order valence-electron chi connectivity index (χ3n) is 2.63. The molecule has 0 aliphatic rings. The van der Waals surface area contributed by atoms with Crippen LogP contribution in [-0.4, -0.2) is 11.9 Å². The number of hydrogen-bond donors (Lipinski definition) is 0. The predicted molar refractivity (Wildman–Crippen MR) is 78.3 cm³/mol. The molecule has 2 nitrogen and oxygen atoms in total. The zero-order valence-electron chi connectivity index (χ0n) is 10.1. The number of benzene rings is 1. The lowest BCUT2D eigenvalue weighted by molar-refractivity contribution is 0.321. The lowest BCUT2D eigenvalue weighted by Gasteiger charge is -2.16. The minimum atomic E-state index is 0.761. The van der Waals surface area contributed by atoms with Gasteiger partial charge in [-0.05, 0) is 40.7 Å². The van der Waals surface area contributed by atoms with Gasteiger partial charge in [-0.3, -0.25) is 4.90 Å². The molecule has 2 aromatic rings. The maximum absolute atomic E-state index is 9.05. The second kappa shape index (κ2) is 6.14. The molecular formula is C14H13BrN2S. The Bertz CT molecular complexity index is 571. The van der Waals surface area contributed by atoms with Crippen LogP contribution in [-0.2, 0) is 13.1 Å². The van der Waals surface area contributed by atoms with Crippen molar-refractivity contribution < 1.29 is 0 Å². The summed E-state index contributed by atoms with van der Waals surface area (Å²) >= 11 is 5.21. The van der Waals surface area contributed by atoms with Crippen molar-refractivity contribution in [2.75, 3.05) is 7.05 Å². The number of nitrogens with zero attached hydrogens (tertiary/aromatic N) is 2. The van der Waals surface area contributed by atoms with E-state index < -0.39 is 0 Å². The second-order valence-corrected chi connectivity index (χ2v) is 6.08. The van der Waals surface area contributed by atoms with Crippen LogP contribution in [0.2, 0.25) is 0 Å². The summed E-state index contributed by atoms with van der Waals surface area (Å²) in [5, 5.41) is 11.1. The Morgan fingerprint density at radius 1 is 1.33 bits per heavy atom. The molecule has 18 heavy (non-hydrogen) atoms. The largest absolute Gasteiger partial charge is 0.297 e. The fraction of sp³-hybridized carbons (Fsp3) is 0.214. The summed E-state index contributed by atoms with van der Waals surface area (Å²) in [6.07, 6.45) is 0. The van der Waals surface area contributed by atoms with Gasteiger partial charge in [-0.25, -0.2) is 0 Å². The highest BCUT2D eigenvalue weighted by molar-refractivity contribution is 9.10. The van der Waals surface area contributed by atoms with Crippen molar-refractivity contribution in [3.63, 3.8) is 0 Å². The molecule has 0 aliphatic carbocycles. The lowest BCUT2D eigenvalue weighted by atomic mass is 10.1. The van der Waals surface area contributed by atoms with E-state index in [1.54, 1.807) is 11.3 Å². The van der Waals surface area contributed by atoms with Gasteiger partial charge in [-0.1, -0.05) is 18.2 Å². The molecule has 1 aromatic heterocycles. The quantitative estimate of drug-likeness (QED) is 0.850. The van der Waals surface area contributed by atoms with Gasteiger partial charge in [-0.15, -0.1) is 11.3 Å². The second-order valence-electron chi connectivity index (χ2n) is 4.17. The van der Waals surface area contributed by atoms with E-state index in [-0.39, 0.29) is 0 Å². The number of nitriles is 1. The first-order valence-corrected chi connectivity index (χ1v) is 7.26. The van der Waals surface area contributed by atoms with Gasteiger partial charge in [0.15, 0.2) is 0 Å². The van der Waals surface area contributed by atoms with E-state index in [9.17, 15) is 0 Å². The van der Waals surface area contributed by atoms with Gasteiger partial charge in [0, 0.05) is 27.8 Å². The van der Waals surface area contributed by atoms with Crippen LogP contribution in [0.1, 0.15) is 16.0 Å². The highest BCUT2D eigenvalue weighted by Gasteiger charge is 2.06. The zero-order valence-corrected chi connectivity index (χ0v) is 12.5. The van der Waals surface area contributed by atoms with E-state index in [2.05, 4.69) is 45.4 Å². The summed E-state index contributed by atoms with van der Waals surface area (Å²) < 4.78 is 1.13. The Morgan fingerprint density at radius 2 is 2.11 bits per heavy atom. The fourth-order valence-corrected chi connectivity index (χ4v) is 3.35. The Kier molecular flexibility index (Phi) is 4.54. The van der Waals surface area contributed by atoms with Crippen molar-refractivity contribution in [3.8, 4) is 6.07 Å². The van der Waals surface area contributed by atoms with E-state index in [0.29, 0.717) is 0 Å². The van der Waals surface area contributed by atoms with Gasteiger partial charge in [0.05, 0.1) is 11.6 Å². The average molecular weight is 321 g/mol. The lowest BCUT2D eigenvalue weighted by Crippen LogP contribution is -2.17. The smallest absolute Gasteiger partial charge is 0.0995 e. The van der Waals surface area contributed by atoms with E-state index in [4.69, 9.17) is 5.26 Å². The van der Waals surface area contributed by atoms with Crippen LogP contribution in [0.15, 0.2) is 40.2 Å². The highest BCUT2D eigenvalue weighted by Crippen LogP contribution is 2.21. The van der Waals surface area contributed by atoms with Crippen LogP contribution in [0.5, 0.6) is 0 Å². The van der Waals surface area contributed by atoms with Gasteiger partial charge in [0.25, 0.3) is 0 Å². The molecule has 0 radical (unpaired) electrons. The third-order valence-corrected chi connectivity index (χ3v) is 4.31. The molecule has 0 amide bonds. The minimum Gasteiger partial charge on any atom is -0.297 e. The fourth-order valence-electron chi connectivity index (χ4n) is 1.82. The maximum atomic E-state index is 9.05.